The van der Waals surface area contributed by atoms with Gasteiger partial charge in [-0.3, -0.25) is 0 Å². The van der Waals surface area contributed by atoms with Gasteiger partial charge in [0.05, 0.1) is 22.3 Å². The van der Waals surface area contributed by atoms with Gasteiger partial charge in [-0.05, 0) is 29.8 Å². The van der Waals surface area contributed by atoms with Crippen molar-refractivity contribution in [1.29, 1.82) is 5.26 Å². The first-order valence-corrected chi connectivity index (χ1v) is 6.13. The minimum absolute atomic E-state index is 0.547. The molecule has 0 amide bonds. The van der Waals surface area contributed by atoms with E-state index in [0.29, 0.717) is 22.2 Å². The van der Waals surface area contributed by atoms with Gasteiger partial charge in [-0.2, -0.15) is 5.26 Å². The van der Waals surface area contributed by atoms with E-state index in [1.165, 1.54) is 0 Å². The third-order valence-electron chi connectivity index (χ3n) is 2.54. The summed E-state index contributed by atoms with van der Waals surface area (Å²) in [6.45, 7) is 0.547. The molecule has 0 bridgehead atoms. The maximum Gasteiger partial charge on any atom is 0.0995 e. The van der Waals surface area contributed by atoms with Gasteiger partial charge in [0, 0.05) is 11.6 Å². The summed E-state index contributed by atoms with van der Waals surface area (Å²) >= 11 is 11.9. The lowest BCUT2D eigenvalue weighted by Gasteiger charge is -2.09. The van der Waals surface area contributed by atoms with E-state index in [-0.39, 0.29) is 0 Å². The minimum atomic E-state index is 0.547. The Morgan fingerprint density at radius 3 is 2.61 bits per heavy atom. The van der Waals surface area contributed by atoms with E-state index in [1.807, 2.05) is 24.3 Å². The molecular weight excluding hydrogens is 267 g/mol. The van der Waals surface area contributed by atoms with Crippen LogP contribution in [-0.4, -0.2) is 0 Å². The number of nitrogens with zero attached hydrogens (tertiary/aromatic N) is 1. The fraction of sp³-hybridized carbons (Fsp3) is 0.0714. The summed E-state index contributed by atoms with van der Waals surface area (Å²) in [7, 11) is 0. The second-order valence-electron chi connectivity index (χ2n) is 3.75. The SMILES string of the molecule is N#Cc1ccccc1CNc1ccc(Cl)cc1Cl. The second-order valence-corrected chi connectivity index (χ2v) is 4.59. The molecule has 2 aromatic carbocycles. The molecule has 0 aliphatic heterocycles. The summed E-state index contributed by atoms with van der Waals surface area (Å²) in [6.07, 6.45) is 0. The first-order valence-electron chi connectivity index (χ1n) is 5.37. The molecule has 0 saturated heterocycles. The number of halogens is 2. The van der Waals surface area contributed by atoms with Crippen LogP contribution in [0.15, 0.2) is 42.5 Å². The molecule has 4 heteroatoms. The standard InChI is InChI=1S/C14H10Cl2N2/c15-12-5-6-14(13(16)7-12)18-9-11-4-2-1-3-10(11)8-17/h1-7,18H,9H2. The van der Waals surface area contributed by atoms with Gasteiger partial charge in [0.1, 0.15) is 0 Å². The number of hydrogen-bond acceptors (Lipinski definition) is 2. The van der Waals surface area contributed by atoms with E-state index in [9.17, 15) is 0 Å². The molecule has 0 aliphatic rings. The number of nitriles is 1. The van der Waals surface area contributed by atoms with Crippen LogP contribution in [0.4, 0.5) is 5.69 Å². The highest BCUT2D eigenvalue weighted by molar-refractivity contribution is 6.36. The van der Waals surface area contributed by atoms with Crippen LogP contribution < -0.4 is 5.32 Å². The van der Waals surface area contributed by atoms with Crippen LogP contribution in [0.2, 0.25) is 10.0 Å². The number of benzene rings is 2. The molecule has 1 N–H and O–H groups in total. The zero-order chi connectivity index (χ0) is 13.0. The van der Waals surface area contributed by atoms with Crippen LogP contribution in [-0.2, 0) is 6.54 Å². The van der Waals surface area contributed by atoms with E-state index < -0.39 is 0 Å². The molecule has 0 aliphatic carbocycles. The molecule has 0 atom stereocenters. The number of anilines is 1. The van der Waals surface area contributed by atoms with Gasteiger partial charge in [-0.25, -0.2) is 0 Å². The van der Waals surface area contributed by atoms with Crippen LogP contribution in [0.5, 0.6) is 0 Å². The minimum Gasteiger partial charge on any atom is -0.380 e. The van der Waals surface area contributed by atoms with E-state index in [0.717, 1.165) is 11.3 Å². The van der Waals surface area contributed by atoms with E-state index in [1.54, 1.807) is 18.2 Å². The Bertz CT molecular complexity index is 603. The topological polar surface area (TPSA) is 35.8 Å². The highest BCUT2D eigenvalue weighted by Gasteiger charge is 2.03. The Morgan fingerprint density at radius 1 is 1.11 bits per heavy atom. The van der Waals surface area contributed by atoms with Crippen LogP contribution in [0.3, 0.4) is 0 Å². The average molecular weight is 277 g/mol. The van der Waals surface area contributed by atoms with E-state index in [4.69, 9.17) is 28.5 Å². The first kappa shape index (κ1) is 12.8. The van der Waals surface area contributed by atoms with Crippen molar-refractivity contribution in [3.05, 3.63) is 63.6 Å². The van der Waals surface area contributed by atoms with Crippen molar-refractivity contribution in [3.8, 4) is 6.07 Å². The van der Waals surface area contributed by atoms with Gasteiger partial charge in [0.15, 0.2) is 0 Å². The van der Waals surface area contributed by atoms with Gasteiger partial charge in [0.2, 0.25) is 0 Å². The quantitative estimate of drug-likeness (QED) is 0.898. The highest BCUT2D eigenvalue weighted by Crippen LogP contribution is 2.26. The third kappa shape index (κ3) is 2.95. The fourth-order valence-electron chi connectivity index (χ4n) is 1.61. The Kier molecular flexibility index (Phi) is 4.09. The molecule has 2 rings (SSSR count). The largest absolute Gasteiger partial charge is 0.380 e. The van der Waals surface area contributed by atoms with Crippen LogP contribution in [0.1, 0.15) is 11.1 Å². The summed E-state index contributed by atoms with van der Waals surface area (Å²) < 4.78 is 0. The van der Waals surface area contributed by atoms with Crippen molar-refractivity contribution in [2.75, 3.05) is 5.32 Å². The van der Waals surface area contributed by atoms with Gasteiger partial charge in [-0.1, -0.05) is 41.4 Å². The first-order chi connectivity index (χ1) is 8.70. The molecule has 2 nitrogen and oxygen atoms in total. The number of nitrogens with one attached hydrogen (secondary N) is 1. The third-order valence-corrected chi connectivity index (χ3v) is 3.09. The Hall–Kier alpha value is -1.69. The molecule has 0 radical (unpaired) electrons. The Labute approximate surface area is 116 Å². The van der Waals surface area contributed by atoms with Crippen LogP contribution in [0, 0.1) is 11.3 Å². The molecule has 0 aromatic heterocycles. The highest BCUT2D eigenvalue weighted by atomic mass is 35.5. The molecule has 0 spiro atoms. The summed E-state index contributed by atoms with van der Waals surface area (Å²) in [5.74, 6) is 0. The molecule has 2 aromatic rings. The van der Waals surface area contributed by atoms with E-state index >= 15 is 0 Å². The van der Waals surface area contributed by atoms with Gasteiger partial charge in [-0.15, -0.1) is 0 Å². The van der Waals surface area contributed by atoms with Gasteiger partial charge >= 0.3 is 0 Å². The molecule has 0 heterocycles. The number of hydrogen-bond donors (Lipinski definition) is 1. The predicted octanol–water partition coefficient (Wildman–Crippen LogP) is 4.48. The van der Waals surface area contributed by atoms with Crippen LogP contribution in [0.25, 0.3) is 0 Å². The zero-order valence-corrected chi connectivity index (χ0v) is 11.0. The van der Waals surface area contributed by atoms with Crippen molar-refractivity contribution in [1.82, 2.24) is 0 Å². The molecule has 0 saturated carbocycles. The molecule has 18 heavy (non-hydrogen) atoms. The maximum absolute atomic E-state index is 8.99. The summed E-state index contributed by atoms with van der Waals surface area (Å²) in [6, 6.07) is 14.9. The summed E-state index contributed by atoms with van der Waals surface area (Å²) in [4.78, 5) is 0. The lowest BCUT2D eigenvalue weighted by molar-refractivity contribution is 1.14. The normalized spacial score (nSPS) is 9.83. The van der Waals surface area contributed by atoms with E-state index in [2.05, 4.69) is 11.4 Å². The Morgan fingerprint density at radius 2 is 1.89 bits per heavy atom. The van der Waals surface area contributed by atoms with Crippen molar-refractivity contribution in [2.45, 2.75) is 6.54 Å². The van der Waals surface area contributed by atoms with Gasteiger partial charge in [0.25, 0.3) is 0 Å². The average Bonchev–Trinajstić information content (AvgIpc) is 2.38. The summed E-state index contributed by atoms with van der Waals surface area (Å²) in [5.41, 5.74) is 2.40. The molecular formula is C14H10Cl2N2. The van der Waals surface area contributed by atoms with Gasteiger partial charge < -0.3 is 5.32 Å². The van der Waals surface area contributed by atoms with Crippen molar-refractivity contribution < 1.29 is 0 Å². The summed E-state index contributed by atoms with van der Waals surface area (Å²) in [5, 5.41) is 13.3. The molecule has 0 fully saturated rings. The second kappa shape index (κ2) is 5.77. The molecule has 90 valence electrons. The predicted molar refractivity (Wildman–Crippen MR) is 74.9 cm³/mol. The lowest BCUT2D eigenvalue weighted by Crippen LogP contribution is -2.01. The van der Waals surface area contributed by atoms with Crippen molar-refractivity contribution in [2.24, 2.45) is 0 Å². The monoisotopic (exact) mass is 276 g/mol. The zero-order valence-electron chi connectivity index (χ0n) is 9.45. The van der Waals surface area contributed by atoms with Crippen molar-refractivity contribution in [3.63, 3.8) is 0 Å². The smallest absolute Gasteiger partial charge is 0.0995 e. The van der Waals surface area contributed by atoms with Crippen molar-refractivity contribution >= 4 is 28.9 Å². The Balaban J connectivity index is 2.14. The lowest BCUT2D eigenvalue weighted by atomic mass is 10.1. The maximum atomic E-state index is 8.99. The van der Waals surface area contributed by atoms with Crippen LogP contribution >= 0.6 is 23.2 Å². The molecule has 0 unspecified atom stereocenters. The fourth-order valence-corrected chi connectivity index (χ4v) is 2.08. The number of rotatable bonds is 3.